The van der Waals surface area contributed by atoms with Crippen LogP contribution in [0, 0.1) is 0 Å². The van der Waals surface area contributed by atoms with Crippen LogP contribution in [0.3, 0.4) is 0 Å². The summed E-state index contributed by atoms with van der Waals surface area (Å²) in [4.78, 5) is 13.4. The Balaban J connectivity index is 2.98. The lowest BCUT2D eigenvalue weighted by molar-refractivity contribution is -0.124. The van der Waals surface area contributed by atoms with E-state index in [0.29, 0.717) is 29.7 Å². The number of nitrogens with zero attached hydrogens (tertiary/aromatic N) is 1. The first-order valence-corrected chi connectivity index (χ1v) is 7.34. The van der Waals surface area contributed by atoms with Crippen LogP contribution in [0.4, 0.5) is 0 Å². The fourth-order valence-corrected chi connectivity index (χ4v) is 1.90. The Morgan fingerprint density at radius 1 is 1.38 bits per heavy atom. The Morgan fingerprint density at radius 3 is 2.67 bits per heavy atom. The highest BCUT2D eigenvalue weighted by molar-refractivity contribution is 6.32. The third-order valence-electron chi connectivity index (χ3n) is 2.97. The molecule has 1 amide bonds. The van der Waals surface area contributed by atoms with Gasteiger partial charge in [-0.1, -0.05) is 18.5 Å². The first-order valence-electron chi connectivity index (χ1n) is 6.96. The fourth-order valence-electron chi connectivity index (χ4n) is 1.63. The van der Waals surface area contributed by atoms with Gasteiger partial charge in [0.1, 0.15) is 0 Å². The van der Waals surface area contributed by atoms with Crippen LogP contribution in [-0.2, 0) is 4.79 Å². The lowest BCUT2D eigenvalue weighted by atomic mass is 10.2. The van der Waals surface area contributed by atoms with Gasteiger partial charge in [-0.15, -0.1) is 0 Å². The maximum Gasteiger partial charge on any atom is 0.246 e. The topological polar surface area (TPSA) is 38.8 Å². The van der Waals surface area contributed by atoms with Crippen molar-refractivity contribution in [3.05, 3.63) is 28.8 Å². The number of likely N-dealkylation sites (N-methyl/N-ethyl adjacent to an activating group) is 1. The number of hydrogen-bond donors (Lipinski definition) is 0. The van der Waals surface area contributed by atoms with E-state index in [0.717, 1.165) is 12.0 Å². The first kappa shape index (κ1) is 17.4. The van der Waals surface area contributed by atoms with Crippen molar-refractivity contribution in [2.75, 3.05) is 27.3 Å². The number of rotatable bonds is 7. The summed E-state index contributed by atoms with van der Waals surface area (Å²) >= 11 is 6.22. The van der Waals surface area contributed by atoms with Crippen LogP contribution in [0.5, 0.6) is 11.5 Å². The van der Waals surface area contributed by atoms with Gasteiger partial charge in [0.2, 0.25) is 5.91 Å². The van der Waals surface area contributed by atoms with Crippen LogP contribution in [0.25, 0.3) is 6.08 Å². The van der Waals surface area contributed by atoms with Gasteiger partial charge in [0.25, 0.3) is 0 Å². The van der Waals surface area contributed by atoms with Gasteiger partial charge in [-0.3, -0.25) is 4.79 Å². The number of benzene rings is 1. The van der Waals surface area contributed by atoms with Crippen molar-refractivity contribution in [1.29, 1.82) is 0 Å². The molecule has 0 heterocycles. The lowest BCUT2D eigenvalue weighted by Crippen LogP contribution is -2.23. The van der Waals surface area contributed by atoms with Crippen molar-refractivity contribution in [3.8, 4) is 11.5 Å². The number of carbonyl (C=O) groups excluding carboxylic acids is 1. The average molecular weight is 312 g/mol. The monoisotopic (exact) mass is 311 g/mol. The summed E-state index contributed by atoms with van der Waals surface area (Å²) in [7, 11) is 3.32. The zero-order valence-electron chi connectivity index (χ0n) is 13.0. The SMILES string of the molecule is CCCOc1c(Cl)cc(/C=C/C(=O)N(C)CC)cc1OC. The molecule has 0 aliphatic rings. The molecule has 0 fully saturated rings. The van der Waals surface area contributed by atoms with Crippen molar-refractivity contribution in [2.45, 2.75) is 20.3 Å². The number of ether oxygens (including phenoxy) is 2. The lowest BCUT2D eigenvalue weighted by Gasteiger charge is -2.13. The number of methoxy groups -OCH3 is 1. The second-order valence-electron chi connectivity index (χ2n) is 4.57. The molecule has 4 nitrogen and oxygen atoms in total. The van der Waals surface area contributed by atoms with Gasteiger partial charge in [-0.2, -0.15) is 0 Å². The maximum absolute atomic E-state index is 11.7. The summed E-state index contributed by atoms with van der Waals surface area (Å²) in [6, 6.07) is 3.55. The van der Waals surface area contributed by atoms with Crippen molar-refractivity contribution >= 4 is 23.6 Å². The third kappa shape index (κ3) is 4.97. The standard InChI is InChI=1S/C16H22ClNO3/c1-5-9-21-16-13(17)10-12(11-14(16)20-4)7-8-15(19)18(3)6-2/h7-8,10-11H,5-6,9H2,1-4H3/b8-7+. The Kier molecular flexibility index (Phi) is 7.09. The van der Waals surface area contributed by atoms with Gasteiger partial charge in [-0.05, 0) is 37.1 Å². The molecule has 0 spiro atoms. The summed E-state index contributed by atoms with van der Waals surface area (Å²) in [5, 5.41) is 0.471. The average Bonchev–Trinajstić information content (AvgIpc) is 2.50. The van der Waals surface area contributed by atoms with Crippen LogP contribution in [0.15, 0.2) is 18.2 Å². The molecule has 0 atom stereocenters. The largest absolute Gasteiger partial charge is 0.493 e. The van der Waals surface area contributed by atoms with E-state index in [1.165, 1.54) is 6.08 Å². The highest BCUT2D eigenvalue weighted by atomic mass is 35.5. The van der Waals surface area contributed by atoms with E-state index in [-0.39, 0.29) is 5.91 Å². The van der Waals surface area contributed by atoms with Crippen molar-refractivity contribution in [2.24, 2.45) is 0 Å². The zero-order valence-corrected chi connectivity index (χ0v) is 13.7. The number of amides is 1. The Hall–Kier alpha value is -1.68. The molecule has 1 aromatic rings. The van der Waals surface area contributed by atoms with Crippen molar-refractivity contribution < 1.29 is 14.3 Å². The second-order valence-corrected chi connectivity index (χ2v) is 4.98. The summed E-state index contributed by atoms with van der Waals surface area (Å²) in [6.07, 6.45) is 4.12. The normalized spacial score (nSPS) is 10.7. The predicted molar refractivity (Wildman–Crippen MR) is 86.1 cm³/mol. The molecule has 0 radical (unpaired) electrons. The highest BCUT2D eigenvalue weighted by Crippen LogP contribution is 2.36. The molecule has 0 aromatic heterocycles. The van der Waals surface area contributed by atoms with Crippen molar-refractivity contribution in [3.63, 3.8) is 0 Å². The van der Waals surface area contributed by atoms with E-state index >= 15 is 0 Å². The molecule has 116 valence electrons. The molecule has 0 saturated heterocycles. The minimum atomic E-state index is -0.0566. The van der Waals surface area contributed by atoms with E-state index in [1.54, 1.807) is 37.3 Å². The van der Waals surface area contributed by atoms with Crippen LogP contribution >= 0.6 is 11.6 Å². The van der Waals surface area contributed by atoms with Crippen LogP contribution in [-0.4, -0.2) is 38.1 Å². The minimum Gasteiger partial charge on any atom is -0.493 e. The second kappa shape index (κ2) is 8.57. The van der Waals surface area contributed by atoms with E-state index in [9.17, 15) is 4.79 Å². The predicted octanol–water partition coefficient (Wildman–Crippen LogP) is 3.63. The van der Waals surface area contributed by atoms with E-state index < -0.39 is 0 Å². The van der Waals surface area contributed by atoms with Gasteiger partial charge in [0.15, 0.2) is 11.5 Å². The van der Waals surface area contributed by atoms with E-state index in [4.69, 9.17) is 21.1 Å². The maximum atomic E-state index is 11.7. The van der Waals surface area contributed by atoms with E-state index in [1.807, 2.05) is 13.8 Å². The number of carbonyl (C=O) groups is 1. The third-order valence-corrected chi connectivity index (χ3v) is 3.25. The molecule has 0 unspecified atom stereocenters. The summed E-state index contributed by atoms with van der Waals surface area (Å²) in [6.45, 7) is 5.18. The quantitative estimate of drug-likeness (QED) is 0.722. The molecule has 1 aromatic carbocycles. The number of hydrogen-bond acceptors (Lipinski definition) is 3. The highest BCUT2D eigenvalue weighted by Gasteiger charge is 2.11. The number of halogens is 1. The van der Waals surface area contributed by atoms with Crippen LogP contribution < -0.4 is 9.47 Å². The minimum absolute atomic E-state index is 0.0566. The van der Waals surface area contributed by atoms with Gasteiger partial charge in [0, 0.05) is 19.7 Å². The Bertz CT molecular complexity index is 514. The Morgan fingerprint density at radius 2 is 2.10 bits per heavy atom. The molecule has 21 heavy (non-hydrogen) atoms. The zero-order chi connectivity index (χ0) is 15.8. The smallest absolute Gasteiger partial charge is 0.246 e. The molecule has 0 saturated carbocycles. The summed E-state index contributed by atoms with van der Waals surface area (Å²) in [5.74, 6) is 1.04. The summed E-state index contributed by atoms with van der Waals surface area (Å²) in [5.41, 5.74) is 0.790. The van der Waals surface area contributed by atoms with Crippen molar-refractivity contribution in [1.82, 2.24) is 4.90 Å². The van der Waals surface area contributed by atoms with Gasteiger partial charge >= 0.3 is 0 Å². The van der Waals surface area contributed by atoms with Gasteiger partial charge in [0.05, 0.1) is 18.7 Å². The molecule has 5 heteroatoms. The molecule has 0 aliphatic carbocycles. The molecule has 0 bridgehead atoms. The Labute approximate surface area is 131 Å². The van der Waals surface area contributed by atoms with Crippen LogP contribution in [0.1, 0.15) is 25.8 Å². The van der Waals surface area contributed by atoms with Gasteiger partial charge in [-0.25, -0.2) is 0 Å². The molecule has 0 N–H and O–H groups in total. The fraction of sp³-hybridized carbons (Fsp3) is 0.438. The first-order chi connectivity index (χ1) is 10.0. The molecule has 1 rings (SSSR count). The summed E-state index contributed by atoms with van der Waals surface area (Å²) < 4.78 is 10.9. The molecule has 0 aliphatic heterocycles. The van der Waals surface area contributed by atoms with Gasteiger partial charge < -0.3 is 14.4 Å². The molecular weight excluding hydrogens is 290 g/mol. The molecular formula is C16H22ClNO3. The van der Waals surface area contributed by atoms with E-state index in [2.05, 4.69) is 0 Å². The van der Waals surface area contributed by atoms with Crippen LogP contribution in [0.2, 0.25) is 5.02 Å².